The van der Waals surface area contributed by atoms with Gasteiger partial charge in [-0.25, -0.2) is 0 Å². The average Bonchev–Trinajstić information content (AvgIpc) is 2.11. The first-order chi connectivity index (χ1) is 6.97. The van der Waals surface area contributed by atoms with Crippen LogP contribution in [0.5, 0.6) is 5.75 Å². The number of nitrogens with two attached hydrogens (primary N) is 2. The summed E-state index contributed by atoms with van der Waals surface area (Å²) in [4.78, 5) is 9.88. The highest BCUT2D eigenvalue weighted by Gasteiger charge is 1.96. The van der Waals surface area contributed by atoms with E-state index in [9.17, 15) is 4.79 Å². The van der Waals surface area contributed by atoms with Crippen molar-refractivity contribution in [3.63, 3.8) is 0 Å². The summed E-state index contributed by atoms with van der Waals surface area (Å²) in [6.07, 6.45) is 0. The van der Waals surface area contributed by atoms with Gasteiger partial charge in [0.15, 0.2) is 0 Å². The Hall–Kier alpha value is -1.97. The summed E-state index contributed by atoms with van der Waals surface area (Å²) in [6, 6.07) is 4.64. The molecule has 0 atom stereocenters. The highest BCUT2D eigenvalue weighted by atomic mass is 16.5. The van der Waals surface area contributed by atoms with Gasteiger partial charge in [-0.05, 0) is 26.0 Å². The number of anilines is 2. The molecule has 1 aromatic carbocycles. The van der Waals surface area contributed by atoms with Crippen LogP contribution in [0.25, 0.3) is 0 Å². The zero-order valence-corrected chi connectivity index (χ0v) is 8.99. The second kappa shape index (κ2) is 6.48. The van der Waals surface area contributed by atoms with Crippen molar-refractivity contribution in [2.24, 2.45) is 0 Å². The molecular weight excluding hydrogens is 192 g/mol. The quantitative estimate of drug-likeness (QED) is 0.442. The first kappa shape index (κ1) is 13.0. The molecule has 0 fully saturated rings. The molecule has 0 saturated carbocycles. The lowest BCUT2D eigenvalue weighted by Crippen LogP contribution is -1.95. The minimum atomic E-state index is 0.338. The number of benzene rings is 1. The van der Waals surface area contributed by atoms with Crippen molar-refractivity contribution in [1.82, 2.24) is 0 Å². The Kier molecular flexibility index (Phi) is 5.63. The van der Waals surface area contributed by atoms with Crippen molar-refractivity contribution in [1.29, 1.82) is 0 Å². The predicted octanol–water partition coefficient (Wildman–Crippen LogP) is 1.97. The Labute approximate surface area is 89.5 Å². The van der Waals surface area contributed by atoms with Crippen LogP contribution in [0, 0.1) is 0 Å². The average molecular weight is 208 g/mol. The minimum Gasteiger partial charge on any atom is -0.429 e. The molecule has 0 radical (unpaired) electrons. The summed E-state index contributed by atoms with van der Waals surface area (Å²) in [5, 5.41) is 0. The number of allylic oxidation sites excluding steroid dienone is 1. The number of rotatable bonds is 2. The molecule has 4 N–H and O–H groups in total. The molecule has 0 saturated heterocycles. The van der Waals surface area contributed by atoms with E-state index in [-0.39, 0.29) is 0 Å². The van der Waals surface area contributed by atoms with E-state index in [0.29, 0.717) is 23.6 Å². The maximum absolute atomic E-state index is 9.88. The lowest BCUT2D eigenvalue weighted by molar-refractivity contribution is -0.120. The van der Waals surface area contributed by atoms with Gasteiger partial charge in [-0.15, -0.1) is 6.58 Å². The van der Waals surface area contributed by atoms with Crippen LogP contribution < -0.4 is 16.2 Å². The first-order valence-corrected chi connectivity index (χ1v) is 4.34. The van der Waals surface area contributed by atoms with Crippen LogP contribution in [0.3, 0.4) is 0 Å². The van der Waals surface area contributed by atoms with Gasteiger partial charge >= 0.3 is 0 Å². The monoisotopic (exact) mass is 208 g/mol. The molecule has 0 heterocycles. The van der Waals surface area contributed by atoms with Crippen molar-refractivity contribution in [3.8, 4) is 5.75 Å². The lowest BCUT2D eigenvalue weighted by atomic mass is 10.2. The van der Waals surface area contributed by atoms with Crippen molar-refractivity contribution < 1.29 is 9.53 Å². The summed E-state index contributed by atoms with van der Waals surface area (Å²) in [6.45, 7) is 7.84. The summed E-state index contributed by atoms with van der Waals surface area (Å²) in [7, 11) is 0. The molecule has 4 nitrogen and oxygen atoms in total. The van der Waals surface area contributed by atoms with Gasteiger partial charge in [-0.2, -0.15) is 0 Å². The molecule has 0 spiro atoms. The summed E-state index contributed by atoms with van der Waals surface area (Å²) >= 11 is 0. The fraction of sp³-hybridized carbons (Fsp3) is 0.182. The Morgan fingerprint density at radius 2 is 1.87 bits per heavy atom. The van der Waals surface area contributed by atoms with Gasteiger partial charge in [-0.3, -0.25) is 4.79 Å². The second-order valence-electron chi connectivity index (χ2n) is 3.21. The molecule has 1 rings (SSSR count). The van der Waals surface area contributed by atoms with Gasteiger partial charge in [0.2, 0.25) is 0 Å². The molecule has 0 bridgehead atoms. The fourth-order valence-electron chi connectivity index (χ4n) is 0.682. The third-order valence-electron chi connectivity index (χ3n) is 1.24. The van der Waals surface area contributed by atoms with Crippen LogP contribution in [-0.2, 0) is 4.79 Å². The molecule has 0 aliphatic rings. The van der Waals surface area contributed by atoms with Gasteiger partial charge in [0.05, 0.1) is 11.4 Å². The van der Waals surface area contributed by atoms with Crippen molar-refractivity contribution in [2.75, 3.05) is 11.5 Å². The molecule has 1 aromatic rings. The van der Waals surface area contributed by atoms with Gasteiger partial charge < -0.3 is 16.2 Å². The molecule has 0 aliphatic carbocycles. The topological polar surface area (TPSA) is 78.3 Å². The fourth-order valence-corrected chi connectivity index (χ4v) is 0.682. The Bertz CT molecular complexity index is 344. The summed E-state index contributed by atoms with van der Waals surface area (Å²) in [5.41, 5.74) is 12.9. The second-order valence-corrected chi connectivity index (χ2v) is 3.21. The highest BCUT2D eigenvalue weighted by molar-refractivity contribution is 5.66. The number of hydrogen-bond acceptors (Lipinski definition) is 4. The third kappa shape index (κ3) is 6.15. The van der Waals surface area contributed by atoms with E-state index in [1.807, 2.05) is 13.8 Å². The van der Waals surface area contributed by atoms with Crippen LogP contribution >= 0.6 is 0 Å². The smallest absolute Gasteiger partial charge is 0.298 e. The Morgan fingerprint density at radius 1 is 1.33 bits per heavy atom. The number of nitrogen functional groups attached to an aromatic ring is 2. The number of carbonyl (C=O) groups is 1. The van der Waals surface area contributed by atoms with Crippen LogP contribution in [0.1, 0.15) is 13.8 Å². The molecule has 0 amide bonds. The SMILES string of the molecule is C=C(C)C.Nc1ccc(OC=O)cc1N. The van der Waals surface area contributed by atoms with Gasteiger partial charge in [-0.1, -0.05) is 5.57 Å². The zero-order valence-electron chi connectivity index (χ0n) is 8.99. The van der Waals surface area contributed by atoms with Gasteiger partial charge in [0, 0.05) is 6.07 Å². The zero-order chi connectivity index (χ0) is 11.8. The molecule has 0 aliphatic heterocycles. The maximum Gasteiger partial charge on any atom is 0.298 e. The Morgan fingerprint density at radius 3 is 2.27 bits per heavy atom. The highest BCUT2D eigenvalue weighted by Crippen LogP contribution is 2.20. The van der Waals surface area contributed by atoms with Crippen LogP contribution in [0.4, 0.5) is 11.4 Å². The van der Waals surface area contributed by atoms with E-state index < -0.39 is 0 Å². The standard InChI is InChI=1S/C7H8N2O2.C4H8/c8-6-2-1-5(11-4-10)3-7(6)9;1-4(2)3/h1-4H,8-9H2;1H2,2-3H3. The molecule has 15 heavy (non-hydrogen) atoms. The first-order valence-electron chi connectivity index (χ1n) is 4.34. The predicted molar refractivity (Wildman–Crippen MR) is 62.4 cm³/mol. The van der Waals surface area contributed by atoms with Crippen LogP contribution in [-0.4, -0.2) is 6.47 Å². The Balaban J connectivity index is 0.000000423. The molecule has 0 aromatic heterocycles. The van der Waals surface area contributed by atoms with Crippen LogP contribution in [0.15, 0.2) is 30.4 Å². The summed E-state index contributed by atoms with van der Waals surface area (Å²) in [5.74, 6) is 0.395. The van der Waals surface area contributed by atoms with E-state index >= 15 is 0 Å². The molecule has 82 valence electrons. The maximum atomic E-state index is 9.88. The van der Waals surface area contributed by atoms with Crippen LogP contribution in [0.2, 0.25) is 0 Å². The van der Waals surface area contributed by atoms with E-state index in [4.69, 9.17) is 11.5 Å². The molecule has 4 heteroatoms. The van der Waals surface area contributed by atoms with E-state index in [1.54, 1.807) is 12.1 Å². The molecular formula is C11H16N2O2. The largest absolute Gasteiger partial charge is 0.429 e. The van der Waals surface area contributed by atoms with Gasteiger partial charge in [0.1, 0.15) is 5.75 Å². The van der Waals surface area contributed by atoms with Gasteiger partial charge in [0.25, 0.3) is 6.47 Å². The number of carbonyl (C=O) groups excluding carboxylic acids is 1. The third-order valence-corrected chi connectivity index (χ3v) is 1.24. The number of hydrogen-bond donors (Lipinski definition) is 2. The molecule has 0 unspecified atom stereocenters. The van der Waals surface area contributed by atoms with Crippen molar-refractivity contribution >= 4 is 17.8 Å². The normalized spacial score (nSPS) is 8.40. The summed E-state index contributed by atoms with van der Waals surface area (Å²) < 4.78 is 4.53. The van der Waals surface area contributed by atoms with E-state index in [0.717, 1.165) is 0 Å². The van der Waals surface area contributed by atoms with Crippen molar-refractivity contribution in [3.05, 3.63) is 30.4 Å². The number of ether oxygens (including phenoxy) is 1. The van der Waals surface area contributed by atoms with E-state index in [1.165, 1.54) is 11.6 Å². The van der Waals surface area contributed by atoms with E-state index in [2.05, 4.69) is 11.3 Å². The minimum absolute atomic E-state index is 0.338. The van der Waals surface area contributed by atoms with Crippen molar-refractivity contribution in [2.45, 2.75) is 13.8 Å². The lowest BCUT2D eigenvalue weighted by Gasteiger charge is -2.01.